The van der Waals surface area contributed by atoms with Crippen LogP contribution in [-0.4, -0.2) is 39.9 Å². The molecule has 0 saturated heterocycles. The molecule has 0 fully saturated rings. The first-order chi connectivity index (χ1) is 16.3. The van der Waals surface area contributed by atoms with Gasteiger partial charge in [-0.25, -0.2) is 9.97 Å². The first kappa shape index (κ1) is 23.6. The Labute approximate surface area is 192 Å². The Balaban J connectivity index is 1.77. The number of methoxy groups -OCH3 is 2. The lowest BCUT2D eigenvalue weighted by atomic mass is 10.1. The highest BCUT2D eigenvalue weighted by Gasteiger charge is 2.24. The summed E-state index contributed by atoms with van der Waals surface area (Å²) >= 11 is 0. The molecule has 14 nitrogen and oxygen atoms in total. The number of nitrogens with one attached hydrogen (secondary N) is 3. The van der Waals surface area contributed by atoms with Crippen molar-refractivity contribution in [2.75, 3.05) is 25.0 Å². The number of aromatic nitrogens is 2. The molecule has 14 heteroatoms. The molecule has 176 valence electrons. The van der Waals surface area contributed by atoms with Crippen LogP contribution in [0.2, 0.25) is 0 Å². The van der Waals surface area contributed by atoms with Crippen molar-refractivity contribution < 1.29 is 24.1 Å². The minimum atomic E-state index is -0.709. The fraction of sp³-hybridized carbons (Fsp3) is 0.150. The summed E-state index contributed by atoms with van der Waals surface area (Å²) in [6.07, 6.45) is 0.947. The standard InChI is InChI=1S/C20H19N7O7/c1-33-14-7-8-16(34-2)15(10-14)23-19-18(27(31)32)20(22-11-21-19)25-24-17(28)9-12-3-5-13(6-4-12)26(29)30/h3-8,10-11H,9H2,1-2H3,(H,24,28)(H2,21,22,23,25). The van der Waals surface area contributed by atoms with Crippen LogP contribution in [0.1, 0.15) is 5.56 Å². The van der Waals surface area contributed by atoms with E-state index in [0.717, 1.165) is 6.33 Å². The lowest BCUT2D eigenvalue weighted by Crippen LogP contribution is -2.31. The van der Waals surface area contributed by atoms with E-state index in [1.54, 1.807) is 18.2 Å². The molecule has 0 saturated carbocycles. The number of ether oxygens (including phenoxy) is 2. The molecule has 0 unspecified atom stereocenters. The average Bonchev–Trinajstić information content (AvgIpc) is 2.82. The number of nitrogens with zero attached hydrogens (tertiary/aromatic N) is 4. The predicted molar refractivity (Wildman–Crippen MR) is 120 cm³/mol. The van der Waals surface area contributed by atoms with Gasteiger partial charge in [0.1, 0.15) is 17.8 Å². The number of rotatable bonds is 10. The molecule has 2 aromatic carbocycles. The van der Waals surface area contributed by atoms with Crippen LogP contribution in [0.3, 0.4) is 0 Å². The van der Waals surface area contributed by atoms with Crippen LogP contribution in [0.4, 0.5) is 28.7 Å². The third kappa shape index (κ3) is 5.61. The lowest BCUT2D eigenvalue weighted by Gasteiger charge is -2.13. The zero-order valence-electron chi connectivity index (χ0n) is 18.0. The van der Waals surface area contributed by atoms with Gasteiger partial charge in [0.2, 0.25) is 17.5 Å². The topological polar surface area (TPSA) is 184 Å². The van der Waals surface area contributed by atoms with E-state index in [0.29, 0.717) is 22.7 Å². The van der Waals surface area contributed by atoms with Crippen molar-refractivity contribution in [1.29, 1.82) is 0 Å². The maximum atomic E-state index is 12.2. The van der Waals surface area contributed by atoms with Crippen LogP contribution < -0.4 is 25.6 Å². The number of hydrazine groups is 1. The molecule has 0 spiro atoms. The molecule has 0 radical (unpaired) electrons. The van der Waals surface area contributed by atoms with Crippen LogP contribution in [0.15, 0.2) is 48.8 Å². The molecule has 1 amide bonds. The van der Waals surface area contributed by atoms with Gasteiger partial charge in [-0.15, -0.1) is 0 Å². The summed E-state index contributed by atoms with van der Waals surface area (Å²) < 4.78 is 10.4. The van der Waals surface area contributed by atoms with Gasteiger partial charge in [-0.05, 0) is 17.7 Å². The van der Waals surface area contributed by atoms with E-state index in [9.17, 15) is 25.0 Å². The Morgan fingerprint density at radius 2 is 1.68 bits per heavy atom. The van der Waals surface area contributed by atoms with Crippen molar-refractivity contribution in [3.05, 3.63) is 74.6 Å². The third-order valence-electron chi connectivity index (χ3n) is 4.50. The van der Waals surface area contributed by atoms with Gasteiger partial charge in [0.05, 0.1) is 36.2 Å². The molecule has 34 heavy (non-hydrogen) atoms. The van der Waals surface area contributed by atoms with Gasteiger partial charge in [-0.1, -0.05) is 12.1 Å². The second-order valence-corrected chi connectivity index (χ2v) is 6.64. The highest BCUT2D eigenvalue weighted by Crippen LogP contribution is 2.35. The van der Waals surface area contributed by atoms with Crippen LogP contribution >= 0.6 is 0 Å². The molecule has 0 aliphatic carbocycles. The predicted octanol–water partition coefficient (Wildman–Crippen LogP) is 2.74. The Kier molecular flexibility index (Phi) is 7.33. The van der Waals surface area contributed by atoms with E-state index >= 15 is 0 Å². The van der Waals surface area contributed by atoms with E-state index in [4.69, 9.17) is 9.47 Å². The molecule has 1 heterocycles. The minimum absolute atomic E-state index is 0.105. The first-order valence-electron chi connectivity index (χ1n) is 9.59. The second kappa shape index (κ2) is 10.5. The van der Waals surface area contributed by atoms with Crippen LogP contribution in [0.25, 0.3) is 0 Å². The van der Waals surface area contributed by atoms with Gasteiger partial charge in [0.15, 0.2) is 0 Å². The van der Waals surface area contributed by atoms with Crippen molar-refractivity contribution in [3.63, 3.8) is 0 Å². The number of benzene rings is 2. The summed E-state index contributed by atoms with van der Waals surface area (Å²) in [5, 5.41) is 25.3. The molecular formula is C20H19N7O7. The van der Waals surface area contributed by atoms with Gasteiger partial charge in [-0.3, -0.25) is 35.9 Å². The Morgan fingerprint density at radius 1 is 0.971 bits per heavy atom. The number of nitro groups is 2. The lowest BCUT2D eigenvalue weighted by molar-refractivity contribution is -0.384. The number of nitro benzene ring substituents is 1. The Bertz CT molecular complexity index is 1220. The number of hydrogen-bond acceptors (Lipinski definition) is 11. The number of non-ortho nitro benzene ring substituents is 1. The van der Waals surface area contributed by atoms with E-state index in [-0.39, 0.29) is 23.7 Å². The van der Waals surface area contributed by atoms with Crippen LogP contribution in [0, 0.1) is 20.2 Å². The van der Waals surface area contributed by atoms with Crippen molar-refractivity contribution in [2.45, 2.75) is 6.42 Å². The molecule has 3 aromatic rings. The van der Waals surface area contributed by atoms with Crippen LogP contribution in [-0.2, 0) is 11.2 Å². The van der Waals surface area contributed by atoms with Gasteiger partial charge in [0, 0.05) is 18.2 Å². The summed E-state index contributed by atoms with van der Waals surface area (Å²) in [7, 11) is 2.91. The maximum Gasteiger partial charge on any atom is 0.355 e. The molecule has 1 aromatic heterocycles. The first-order valence-corrected chi connectivity index (χ1v) is 9.59. The van der Waals surface area contributed by atoms with E-state index in [2.05, 4.69) is 26.1 Å². The van der Waals surface area contributed by atoms with E-state index < -0.39 is 21.4 Å². The monoisotopic (exact) mass is 469 g/mol. The zero-order chi connectivity index (χ0) is 24.7. The Hall–Kier alpha value is -5.01. The molecular weight excluding hydrogens is 450 g/mol. The largest absolute Gasteiger partial charge is 0.497 e. The minimum Gasteiger partial charge on any atom is -0.497 e. The van der Waals surface area contributed by atoms with Crippen molar-refractivity contribution >= 4 is 34.6 Å². The van der Waals surface area contributed by atoms with E-state index in [1.165, 1.54) is 38.5 Å². The summed E-state index contributed by atoms with van der Waals surface area (Å²) in [6, 6.07) is 10.3. The molecule has 3 N–H and O–H groups in total. The SMILES string of the molecule is COc1ccc(OC)c(Nc2ncnc(NNC(=O)Cc3ccc([N+](=O)[O-])cc3)c2[N+](=O)[O-])c1. The van der Waals surface area contributed by atoms with Gasteiger partial charge in [0.25, 0.3) is 5.69 Å². The quantitative estimate of drug-likeness (QED) is 0.293. The molecule has 0 aliphatic heterocycles. The van der Waals surface area contributed by atoms with Crippen molar-refractivity contribution in [1.82, 2.24) is 15.4 Å². The average molecular weight is 469 g/mol. The van der Waals surface area contributed by atoms with Crippen LogP contribution in [0.5, 0.6) is 11.5 Å². The fourth-order valence-electron chi connectivity index (χ4n) is 2.87. The normalized spacial score (nSPS) is 10.2. The molecule has 0 aliphatic rings. The van der Waals surface area contributed by atoms with Gasteiger partial charge < -0.3 is 14.8 Å². The zero-order valence-corrected chi connectivity index (χ0v) is 18.0. The fourth-order valence-corrected chi connectivity index (χ4v) is 2.87. The highest BCUT2D eigenvalue weighted by atomic mass is 16.6. The number of anilines is 3. The van der Waals surface area contributed by atoms with E-state index in [1.807, 2.05) is 0 Å². The summed E-state index contributed by atoms with van der Waals surface area (Å²) in [6.45, 7) is 0. The molecule has 0 atom stereocenters. The number of hydrogen-bond donors (Lipinski definition) is 3. The summed E-state index contributed by atoms with van der Waals surface area (Å²) in [5.41, 5.74) is 4.98. The maximum absolute atomic E-state index is 12.2. The summed E-state index contributed by atoms with van der Waals surface area (Å²) in [5.74, 6) is -0.0951. The summed E-state index contributed by atoms with van der Waals surface area (Å²) in [4.78, 5) is 41.2. The Morgan fingerprint density at radius 3 is 2.29 bits per heavy atom. The molecule has 0 bridgehead atoms. The third-order valence-corrected chi connectivity index (χ3v) is 4.50. The second-order valence-electron chi connectivity index (χ2n) is 6.64. The number of amides is 1. The smallest absolute Gasteiger partial charge is 0.355 e. The highest BCUT2D eigenvalue weighted by molar-refractivity contribution is 5.82. The van der Waals surface area contributed by atoms with Gasteiger partial charge in [-0.2, -0.15) is 0 Å². The number of carbonyl (C=O) groups is 1. The molecule has 3 rings (SSSR count). The van der Waals surface area contributed by atoms with Gasteiger partial charge >= 0.3 is 5.69 Å². The van der Waals surface area contributed by atoms with Crippen molar-refractivity contribution in [2.24, 2.45) is 0 Å². The number of carbonyl (C=O) groups excluding carboxylic acids is 1. The van der Waals surface area contributed by atoms with Crippen molar-refractivity contribution in [3.8, 4) is 11.5 Å².